The Kier molecular flexibility index (Phi) is 4.42. The molecule has 21 heavy (non-hydrogen) atoms. The Morgan fingerprint density at radius 2 is 2.24 bits per heavy atom. The molecule has 1 heterocycles. The van der Waals surface area contributed by atoms with E-state index in [0.717, 1.165) is 25.0 Å². The van der Waals surface area contributed by atoms with E-state index in [1.807, 2.05) is 6.92 Å². The number of amides is 2. The molecule has 0 radical (unpaired) electrons. The fourth-order valence-electron chi connectivity index (χ4n) is 2.19. The predicted octanol–water partition coefficient (Wildman–Crippen LogP) is 2.21. The van der Waals surface area contributed by atoms with Crippen LogP contribution in [0.4, 0.5) is 14.9 Å². The van der Waals surface area contributed by atoms with Gasteiger partial charge in [0.2, 0.25) is 0 Å². The summed E-state index contributed by atoms with van der Waals surface area (Å²) in [4.78, 5) is 22.6. The van der Waals surface area contributed by atoms with Crippen molar-refractivity contribution < 1.29 is 23.8 Å². The zero-order valence-corrected chi connectivity index (χ0v) is 11.6. The maximum absolute atomic E-state index is 13.2. The number of nitrogens with one attached hydrogen (secondary N) is 2. The summed E-state index contributed by atoms with van der Waals surface area (Å²) in [6.45, 7) is 2.95. The Hall–Kier alpha value is -2.15. The van der Waals surface area contributed by atoms with Gasteiger partial charge in [-0.15, -0.1) is 0 Å². The highest BCUT2D eigenvalue weighted by Crippen LogP contribution is 2.23. The van der Waals surface area contributed by atoms with E-state index in [-0.39, 0.29) is 11.3 Å². The van der Waals surface area contributed by atoms with Gasteiger partial charge in [0, 0.05) is 18.8 Å². The molecule has 1 saturated heterocycles. The van der Waals surface area contributed by atoms with E-state index in [2.05, 4.69) is 10.6 Å². The number of rotatable bonds is 4. The molecule has 1 aromatic rings. The molecule has 0 spiro atoms. The summed E-state index contributed by atoms with van der Waals surface area (Å²) in [5.41, 5.74) is -0.644. The second-order valence-corrected chi connectivity index (χ2v) is 5.21. The van der Waals surface area contributed by atoms with E-state index in [9.17, 15) is 14.0 Å². The van der Waals surface area contributed by atoms with Crippen LogP contribution in [0, 0.1) is 5.82 Å². The van der Waals surface area contributed by atoms with Gasteiger partial charge in [0.25, 0.3) is 0 Å². The molecule has 0 aromatic heterocycles. The number of urea groups is 1. The summed E-state index contributed by atoms with van der Waals surface area (Å²) >= 11 is 0. The lowest BCUT2D eigenvalue weighted by molar-refractivity contribution is 0.0232. The molecule has 114 valence electrons. The maximum atomic E-state index is 13.2. The number of carboxylic acids is 1. The van der Waals surface area contributed by atoms with Gasteiger partial charge >= 0.3 is 12.0 Å². The van der Waals surface area contributed by atoms with E-state index in [4.69, 9.17) is 9.84 Å². The number of carbonyl (C=O) groups is 2. The summed E-state index contributed by atoms with van der Waals surface area (Å²) in [7, 11) is 0. The number of ether oxygens (including phenoxy) is 1. The van der Waals surface area contributed by atoms with E-state index in [1.165, 1.54) is 6.07 Å². The topological polar surface area (TPSA) is 87.7 Å². The van der Waals surface area contributed by atoms with Crippen molar-refractivity contribution in [2.24, 2.45) is 0 Å². The molecule has 1 atom stereocenters. The first-order valence-electron chi connectivity index (χ1n) is 6.61. The van der Waals surface area contributed by atoms with Crippen molar-refractivity contribution in [1.82, 2.24) is 5.32 Å². The van der Waals surface area contributed by atoms with Gasteiger partial charge in [-0.1, -0.05) is 0 Å². The molecule has 1 aliphatic rings. The molecule has 7 heteroatoms. The second kappa shape index (κ2) is 6.09. The number of hydrogen-bond acceptors (Lipinski definition) is 3. The molecule has 1 fully saturated rings. The van der Waals surface area contributed by atoms with Crippen molar-refractivity contribution in [3.05, 3.63) is 29.6 Å². The van der Waals surface area contributed by atoms with Crippen LogP contribution in [0.2, 0.25) is 0 Å². The Morgan fingerprint density at radius 3 is 2.86 bits per heavy atom. The molecule has 2 rings (SSSR count). The first-order valence-corrected chi connectivity index (χ1v) is 6.61. The third-order valence-electron chi connectivity index (χ3n) is 3.38. The third-order valence-corrected chi connectivity index (χ3v) is 3.38. The summed E-state index contributed by atoms with van der Waals surface area (Å²) < 4.78 is 18.8. The Labute approximate surface area is 121 Å². The molecule has 2 amide bonds. The van der Waals surface area contributed by atoms with Crippen LogP contribution in [0.25, 0.3) is 0 Å². The van der Waals surface area contributed by atoms with E-state index < -0.39 is 23.4 Å². The smallest absolute Gasteiger partial charge is 0.338 e. The fourth-order valence-corrected chi connectivity index (χ4v) is 2.19. The highest BCUT2D eigenvalue weighted by molar-refractivity contribution is 5.93. The summed E-state index contributed by atoms with van der Waals surface area (Å²) in [6.07, 6.45) is 1.83. The Morgan fingerprint density at radius 1 is 1.48 bits per heavy atom. The van der Waals surface area contributed by atoms with Crippen LogP contribution in [0.15, 0.2) is 18.2 Å². The van der Waals surface area contributed by atoms with Crippen molar-refractivity contribution in [2.75, 3.05) is 18.5 Å². The lowest BCUT2D eigenvalue weighted by atomic mass is 10.0. The number of carbonyl (C=O) groups excluding carboxylic acids is 1. The molecule has 1 unspecified atom stereocenters. The van der Waals surface area contributed by atoms with Gasteiger partial charge in [0.05, 0.1) is 11.2 Å². The minimum absolute atomic E-state index is 0.212. The van der Waals surface area contributed by atoms with Crippen LogP contribution >= 0.6 is 0 Å². The van der Waals surface area contributed by atoms with Crippen molar-refractivity contribution >= 4 is 17.7 Å². The van der Waals surface area contributed by atoms with Crippen LogP contribution < -0.4 is 10.6 Å². The number of halogens is 1. The molecule has 0 saturated carbocycles. The molecule has 1 aliphatic heterocycles. The summed E-state index contributed by atoms with van der Waals surface area (Å²) in [5, 5.41) is 14.0. The molecular formula is C14H17FN2O4. The third kappa shape index (κ3) is 3.91. The number of anilines is 1. The van der Waals surface area contributed by atoms with Gasteiger partial charge in [-0.2, -0.15) is 0 Å². The highest BCUT2D eigenvalue weighted by Gasteiger charge is 2.30. The van der Waals surface area contributed by atoms with Gasteiger partial charge in [0.15, 0.2) is 0 Å². The minimum atomic E-state index is -1.39. The molecule has 0 aliphatic carbocycles. The van der Waals surface area contributed by atoms with Crippen molar-refractivity contribution in [3.63, 3.8) is 0 Å². The summed E-state index contributed by atoms with van der Waals surface area (Å²) in [5.74, 6) is -2.23. The number of hydrogen-bond donors (Lipinski definition) is 3. The largest absolute Gasteiger partial charge is 0.478 e. The van der Waals surface area contributed by atoms with E-state index >= 15 is 0 Å². The van der Waals surface area contributed by atoms with E-state index in [0.29, 0.717) is 13.2 Å². The predicted molar refractivity (Wildman–Crippen MR) is 74.0 cm³/mol. The van der Waals surface area contributed by atoms with Crippen LogP contribution in [-0.4, -0.2) is 35.9 Å². The SMILES string of the molecule is CC1(CNC(=O)Nc2ccc(F)c(C(=O)O)c2)CCCO1. The standard InChI is InChI=1S/C14H17FN2O4/c1-14(5-2-6-21-14)8-16-13(20)17-9-3-4-11(15)10(7-9)12(18)19/h3-4,7H,2,5-6,8H2,1H3,(H,18,19)(H2,16,17,20). The van der Waals surface area contributed by atoms with Crippen LogP contribution in [0.5, 0.6) is 0 Å². The Bertz CT molecular complexity index is 556. The maximum Gasteiger partial charge on any atom is 0.338 e. The molecule has 3 N–H and O–H groups in total. The van der Waals surface area contributed by atoms with Crippen LogP contribution in [-0.2, 0) is 4.74 Å². The average molecular weight is 296 g/mol. The second-order valence-electron chi connectivity index (χ2n) is 5.21. The van der Waals surface area contributed by atoms with Gasteiger partial charge < -0.3 is 20.5 Å². The van der Waals surface area contributed by atoms with E-state index in [1.54, 1.807) is 0 Å². The number of carboxylic acid groups (broad SMARTS) is 1. The van der Waals surface area contributed by atoms with Crippen LogP contribution in [0.3, 0.4) is 0 Å². The quantitative estimate of drug-likeness (QED) is 0.795. The monoisotopic (exact) mass is 296 g/mol. The number of aromatic carboxylic acids is 1. The summed E-state index contributed by atoms with van der Waals surface area (Å²) in [6, 6.07) is 2.88. The lowest BCUT2D eigenvalue weighted by Crippen LogP contribution is -2.41. The van der Waals surface area contributed by atoms with Crippen molar-refractivity contribution in [1.29, 1.82) is 0 Å². The molecular weight excluding hydrogens is 279 g/mol. The minimum Gasteiger partial charge on any atom is -0.478 e. The van der Waals surface area contributed by atoms with Gasteiger partial charge in [-0.3, -0.25) is 0 Å². The lowest BCUT2D eigenvalue weighted by Gasteiger charge is -2.23. The molecule has 0 bridgehead atoms. The van der Waals surface area contributed by atoms with Gasteiger partial charge in [0.1, 0.15) is 5.82 Å². The highest BCUT2D eigenvalue weighted by atomic mass is 19.1. The first kappa shape index (κ1) is 15.2. The first-order chi connectivity index (χ1) is 9.89. The van der Waals surface area contributed by atoms with Crippen molar-refractivity contribution in [2.45, 2.75) is 25.4 Å². The zero-order valence-electron chi connectivity index (χ0n) is 11.6. The van der Waals surface area contributed by atoms with Crippen LogP contribution in [0.1, 0.15) is 30.1 Å². The van der Waals surface area contributed by atoms with Gasteiger partial charge in [-0.05, 0) is 38.0 Å². The van der Waals surface area contributed by atoms with Gasteiger partial charge in [-0.25, -0.2) is 14.0 Å². The average Bonchev–Trinajstić information content (AvgIpc) is 2.86. The van der Waals surface area contributed by atoms with Crippen molar-refractivity contribution in [3.8, 4) is 0 Å². The fraction of sp³-hybridized carbons (Fsp3) is 0.429. The molecule has 1 aromatic carbocycles. The molecule has 6 nitrogen and oxygen atoms in total. The number of benzene rings is 1. The normalized spacial score (nSPS) is 21.0. The zero-order chi connectivity index (χ0) is 15.5. The Balaban J connectivity index is 1.93.